The number of halogens is 1. The van der Waals surface area contributed by atoms with E-state index in [9.17, 15) is 0 Å². The molecule has 2 N–H and O–H groups in total. The van der Waals surface area contributed by atoms with E-state index < -0.39 is 0 Å². The Kier molecular flexibility index (Phi) is 12.5. The van der Waals surface area contributed by atoms with Gasteiger partial charge in [-0.2, -0.15) is 0 Å². The summed E-state index contributed by atoms with van der Waals surface area (Å²) in [6.07, 6.45) is 5.58. The van der Waals surface area contributed by atoms with E-state index in [1.165, 1.54) is 0 Å². The molecule has 0 amide bonds. The van der Waals surface area contributed by atoms with Crippen molar-refractivity contribution in [2.75, 3.05) is 33.4 Å². The Morgan fingerprint density at radius 2 is 2.00 bits per heavy atom. The first-order valence-corrected chi connectivity index (χ1v) is 6.70. The van der Waals surface area contributed by atoms with Crippen molar-refractivity contribution in [3.05, 3.63) is 12.7 Å². The number of nitrogens with one attached hydrogen (secondary N) is 2. The lowest BCUT2D eigenvalue weighted by molar-refractivity contribution is 0.203. The number of rotatable bonds is 9. The largest absolute Gasteiger partial charge is 0.383 e. The van der Waals surface area contributed by atoms with Crippen molar-refractivity contribution in [1.82, 2.24) is 25.4 Å². The van der Waals surface area contributed by atoms with Crippen LogP contribution in [0.5, 0.6) is 0 Å². The maximum absolute atomic E-state index is 4.99. The van der Waals surface area contributed by atoms with Gasteiger partial charge in [-0.05, 0) is 19.8 Å². The Hall–Kier alpha value is -0.900. The minimum Gasteiger partial charge on any atom is -0.383 e. The number of unbranched alkanes of at least 4 members (excludes halogenated alkanes) is 1. The summed E-state index contributed by atoms with van der Waals surface area (Å²) in [5.74, 6) is 0.851. The average molecular weight is 396 g/mol. The molecule has 0 fully saturated rings. The molecule has 0 bridgehead atoms. The molecule has 0 saturated heterocycles. The molecule has 0 aliphatic rings. The first-order valence-electron chi connectivity index (χ1n) is 6.70. The molecular weight excluding hydrogens is 371 g/mol. The monoisotopic (exact) mass is 396 g/mol. The summed E-state index contributed by atoms with van der Waals surface area (Å²) in [6, 6.07) is 0. The maximum Gasteiger partial charge on any atom is 0.191 e. The number of hydrogen-bond donors (Lipinski definition) is 2. The van der Waals surface area contributed by atoms with Gasteiger partial charge in [0, 0.05) is 33.3 Å². The molecule has 7 nitrogen and oxygen atoms in total. The number of ether oxygens (including phenoxy) is 1. The van der Waals surface area contributed by atoms with Crippen LogP contribution in [0.4, 0.5) is 0 Å². The second kappa shape index (κ2) is 13.1. The molecule has 0 unspecified atom stereocenters. The Morgan fingerprint density at radius 1 is 1.25 bits per heavy atom. The SMILES string of the molecule is CCNC(=NCCCCn1cnnc1)NCCOC.I. The fourth-order valence-electron chi connectivity index (χ4n) is 1.55. The maximum atomic E-state index is 4.99. The lowest BCUT2D eigenvalue weighted by atomic mass is 10.3. The van der Waals surface area contributed by atoms with Crippen molar-refractivity contribution in [3.8, 4) is 0 Å². The Balaban J connectivity index is 0.00000361. The molecule has 20 heavy (non-hydrogen) atoms. The lowest BCUT2D eigenvalue weighted by Crippen LogP contribution is -2.39. The summed E-state index contributed by atoms with van der Waals surface area (Å²) in [5.41, 5.74) is 0. The van der Waals surface area contributed by atoms with Gasteiger partial charge in [0.15, 0.2) is 5.96 Å². The second-order valence-electron chi connectivity index (χ2n) is 4.09. The van der Waals surface area contributed by atoms with E-state index in [4.69, 9.17) is 4.74 Å². The van der Waals surface area contributed by atoms with Crippen LogP contribution in [0.2, 0.25) is 0 Å². The molecule has 0 aromatic carbocycles. The van der Waals surface area contributed by atoms with Crippen LogP contribution in [0, 0.1) is 0 Å². The molecule has 8 heteroatoms. The fraction of sp³-hybridized carbons (Fsp3) is 0.750. The van der Waals surface area contributed by atoms with Gasteiger partial charge in [-0.1, -0.05) is 0 Å². The van der Waals surface area contributed by atoms with Crippen LogP contribution in [-0.4, -0.2) is 54.1 Å². The van der Waals surface area contributed by atoms with Gasteiger partial charge in [0.05, 0.1) is 6.61 Å². The van der Waals surface area contributed by atoms with Gasteiger partial charge >= 0.3 is 0 Å². The van der Waals surface area contributed by atoms with E-state index in [-0.39, 0.29) is 24.0 Å². The Bertz CT molecular complexity index is 344. The number of guanidine groups is 1. The second-order valence-corrected chi connectivity index (χ2v) is 4.09. The highest BCUT2D eigenvalue weighted by Gasteiger charge is 1.96. The molecule has 0 atom stereocenters. The number of methoxy groups -OCH3 is 1. The van der Waals surface area contributed by atoms with E-state index in [1.54, 1.807) is 19.8 Å². The zero-order valence-electron chi connectivity index (χ0n) is 12.2. The number of aromatic nitrogens is 3. The van der Waals surface area contributed by atoms with Crippen molar-refractivity contribution in [1.29, 1.82) is 0 Å². The number of aliphatic imine (C=N–C) groups is 1. The smallest absolute Gasteiger partial charge is 0.191 e. The predicted molar refractivity (Wildman–Crippen MR) is 90.5 cm³/mol. The fourth-order valence-corrected chi connectivity index (χ4v) is 1.55. The van der Waals surface area contributed by atoms with Gasteiger partial charge in [-0.3, -0.25) is 4.99 Å². The Morgan fingerprint density at radius 3 is 2.65 bits per heavy atom. The molecule has 1 aromatic heterocycles. The van der Waals surface area contributed by atoms with E-state index in [0.29, 0.717) is 6.61 Å². The molecule has 1 aromatic rings. The molecule has 1 heterocycles. The van der Waals surface area contributed by atoms with Crippen LogP contribution >= 0.6 is 24.0 Å². The molecule has 1 rings (SSSR count). The zero-order valence-corrected chi connectivity index (χ0v) is 14.5. The van der Waals surface area contributed by atoms with Gasteiger partial charge in [-0.15, -0.1) is 34.2 Å². The standard InChI is InChI=1S/C12H24N6O.HI/c1-3-13-12(15-7-9-19-2)14-6-4-5-8-18-10-16-17-11-18;/h10-11H,3-9H2,1-2H3,(H2,13,14,15);1H. The summed E-state index contributed by atoms with van der Waals surface area (Å²) < 4.78 is 6.97. The van der Waals surface area contributed by atoms with Crippen LogP contribution in [-0.2, 0) is 11.3 Å². The molecule has 116 valence electrons. The quantitative estimate of drug-likeness (QED) is 0.281. The zero-order chi connectivity index (χ0) is 13.8. The molecule has 0 aliphatic carbocycles. The molecule has 0 spiro atoms. The normalized spacial score (nSPS) is 11.0. The van der Waals surface area contributed by atoms with Crippen LogP contribution < -0.4 is 10.6 Å². The topological polar surface area (TPSA) is 76.4 Å². The summed E-state index contributed by atoms with van der Waals surface area (Å²) in [4.78, 5) is 4.50. The predicted octanol–water partition coefficient (Wildman–Crippen LogP) is 0.878. The molecule has 0 aliphatic heterocycles. The van der Waals surface area contributed by atoms with Gasteiger partial charge in [0.2, 0.25) is 0 Å². The van der Waals surface area contributed by atoms with Crippen molar-refractivity contribution in [2.24, 2.45) is 4.99 Å². The third kappa shape index (κ3) is 9.08. The van der Waals surface area contributed by atoms with Gasteiger partial charge in [0.25, 0.3) is 0 Å². The highest BCUT2D eigenvalue weighted by atomic mass is 127. The highest BCUT2D eigenvalue weighted by Crippen LogP contribution is 1.94. The van der Waals surface area contributed by atoms with Crippen LogP contribution in [0.15, 0.2) is 17.6 Å². The van der Waals surface area contributed by atoms with Crippen molar-refractivity contribution in [3.63, 3.8) is 0 Å². The number of nitrogens with zero attached hydrogens (tertiary/aromatic N) is 4. The van der Waals surface area contributed by atoms with Crippen LogP contribution in [0.3, 0.4) is 0 Å². The van der Waals surface area contributed by atoms with E-state index in [1.807, 2.05) is 4.57 Å². The molecule has 0 saturated carbocycles. The number of hydrogen-bond acceptors (Lipinski definition) is 4. The van der Waals surface area contributed by atoms with Crippen LogP contribution in [0.25, 0.3) is 0 Å². The Labute approximate surface area is 137 Å². The van der Waals surface area contributed by atoms with Crippen LogP contribution in [0.1, 0.15) is 19.8 Å². The summed E-state index contributed by atoms with van der Waals surface area (Å²) in [7, 11) is 1.69. The third-order valence-corrected chi connectivity index (χ3v) is 2.50. The minimum atomic E-state index is 0. The summed E-state index contributed by atoms with van der Waals surface area (Å²) in [6.45, 7) is 6.11. The average Bonchev–Trinajstić information content (AvgIpc) is 2.91. The molecule has 0 radical (unpaired) electrons. The first kappa shape index (κ1) is 19.1. The third-order valence-electron chi connectivity index (χ3n) is 2.50. The van der Waals surface area contributed by atoms with E-state index in [2.05, 4.69) is 32.7 Å². The van der Waals surface area contributed by atoms with E-state index in [0.717, 1.165) is 45.0 Å². The van der Waals surface area contributed by atoms with Gasteiger partial charge in [0.1, 0.15) is 12.7 Å². The van der Waals surface area contributed by atoms with Crippen molar-refractivity contribution >= 4 is 29.9 Å². The first-order chi connectivity index (χ1) is 9.36. The summed E-state index contributed by atoms with van der Waals surface area (Å²) >= 11 is 0. The minimum absolute atomic E-state index is 0. The molecular formula is C12H25IN6O. The van der Waals surface area contributed by atoms with Crippen molar-refractivity contribution < 1.29 is 4.74 Å². The van der Waals surface area contributed by atoms with Gasteiger partial charge in [-0.25, -0.2) is 0 Å². The number of aryl methyl sites for hydroxylation is 1. The van der Waals surface area contributed by atoms with Crippen molar-refractivity contribution in [2.45, 2.75) is 26.3 Å². The van der Waals surface area contributed by atoms with E-state index >= 15 is 0 Å². The summed E-state index contributed by atoms with van der Waals surface area (Å²) in [5, 5.41) is 14.0. The highest BCUT2D eigenvalue weighted by molar-refractivity contribution is 14.0. The lowest BCUT2D eigenvalue weighted by Gasteiger charge is -2.10. The van der Waals surface area contributed by atoms with Gasteiger partial charge < -0.3 is 19.9 Å².